The molecular formula is C18H20N2O2S. The Balaban J connectivity index is 1.94. The molecule has 23 heavy (non-hydrogen) atoms. The molecule has 2 aromatic carbocycles. The van der Waals surface area contributed by atoms with Gasteiger partial charge in [-0.3, -0.25) is 0 Å². The summed E-state index contributed by atoms with van der Waals surface area (Å²) in [4.78, 5) is 2.33. The number of hydrogen-bond donors (Lipinski definition) is 0. The van der Waals surface area contributed by atoms with E-state index in [0.717, 1.165) is 31.5 Å². The van der Waals surface area contributed by atoms with Crippen LogP contribution in [0.5, 0.6) is 0 Å². The predicted octanol–water partition coefficient (Wildman–Crippen LogP) is 3.11. The van der Waals surface area contributed by atoms with Crippen LogP contribution in [-0.4, -0.2) is 32.2 Å². The van der Waals surface area contributed by atoms with E-state index < -0.39 is 10.0 Å². The summed E-state index contributed by atoms with van der Waals surface area (Å²) in [5, 5.41) is 0. The van der Waals surface area contributed by atoms with Crippen molar-refractivity contribution in [3.63, 3.8) is 0 Å². The Labute approximate surface area is 137 Å². The van der Waals surface area contributed by atoms with Gasteiger partial charge in [-0.25, -0.2) is 0 Å². The van der Waals surface area contributed by atoms with Crippen molar-refractivity contribution in [3.8, 4) is 0 Å². The van der Waals surface area contributed by atoms with E-state index in [9.17, 15) is 8.42 Å². The summed E-state index contributed by atoms with van der Waals surface area (Å²) in [7, 11) is -3.67. The van der Waals surface area contributed by atoms with Gasteiger partial charge < -0.3 is 4.90 Å². The molecule has 0 saturated carbocycles. The molecule has 0 amide bonds. The van der Waals surface area contributed by atoms with Gasteiger partial charge in [-0.05, 0) is 30.5 Å². The van der Waals surface area contributed by atoms with Gasteiger partial charge in [0, 0.05) is 19.5 Å². The molecule has 120 valence electrons. The molecule has 0 aromatic heterocycles. The summed E-state index contributed by atoms with van der Waals surface area (Å²) in [6.07, 6.45) is 2.70. The van der Waals surface area contributed by atoms with Crippen molar-refractivity contribution in [2.45, 2.75) is 24.2 Å². The summed E-state index contributed by atoms with van der Waals surface area (Å²) in [6, 6.07) is 18.3. The second kappa shape index (κ2) is 6.96. The maximum Gasteiger partial charge on any atom is 0.283 e. The summed E-state index contributed by atoms with van der Waals surface area (Å²) in [6.45, 7) is 1.74. The van der Waals surface area contributed by atoms with Gasteiger partial charge in [-0.1, -0.05) is 48.5 Å². The van der Waals surface area contributed by atoms with Crippen molar-refractivity contribution in [2.75, 3.05) is 13.1 Å². The molecule has 1 fully saturated rings. The molecule has 0 atom stereocenters. The van der Waals surface area contributed by atoms with Crippen LogP contribution in [-0.2, 0) is 16.4 Å². The molecule has 4 nitrogen and oxygen atoms in total. The van der Waals surface area contributed by atoms with Crippen LogP contribution in [0.2, 0.25) is 0 Å². The Morgan fingerprint density at radius 2 is 1.48 bits per heavy atom. The second-order valence-electron chi connectivity index (χ2n) is 5.65. The minimum atomic E-state index is -3.67. The average molecular weight is 328 g/mol. The maximum absolute atomic E-state index is 12.6. The Hall–Kier alpha value is -2.14. The number of sulfonamides is 1. The third-order valence-corrected chi connectivity index (χ3v) is 5.26. The molecule has 1 heterocycles. The standard InChI is InChI=1S/C18H20N2O2S/c21-23(22,17-11-5-2-6-12-17)19-18(20-13-7-8-14-20)15-16-9-3-1-4-10-16/h1-6,9-12H,7-8,13-15H2/b19-18-. The molecule has 0 bridgehead atoms. The molecule has 2 aromatic rings. The van der Waals surface area contributed by atoms with Crippen molar-refractivity contribution in [1.82, 2.24) is 4.90 Å². The highest BCUT2D eigenvalue weighted by atomic mass is 32.2. The van der Waals surface area contributed by atoms with Crippen LogP contribution in [0.15, 0.2) is 70.0 Å². The van der Waals surface area contributed by atoms with E-state index >= 15 is 0 Å². The lowest BCUT2D eigenvalue weighted by Crippen LogP contribution is -2.30. The Bertz CT molecular complexity index is 765. The van der Waals surface area contributed by atoms with E-state index in [2.05, 4.69) is 9.30 Å². The van der Waals surface area contributed by atoms with Gasteiger partial charge in [0.2, 0.25) is 0 Å². The zero-order valence-corrected chi connectivity index (χ0v) is 13.7. The number of likely N-dealkylation sites (tertiary alicyclic amines) is 1. The summed E-state index contributed by atoms with van der Waals surface area (Å²) in [5.41, 5.74) is 1.07. The minimum absolute atomic E-state index is 0.241. The lowest BCUT2D eigenvalue weighted by Gasteiger charge is -2.20. The van der Waals surface area contributed by atoms with E-state index in [0.29, 0.717) is 12.3 Å². The Morgan fingerprint density at radius 1 is 0.913 bits per heavy atom. The maximum atomic E-state index is 12.6. The molecule has 5 heteroatoms. The first-order valence-electron chi connectivity index (χ1n) is 7.83. The fraction of sp³-hybridized carbons (Fsp3) is 0.278. The van der Waals surface area contributed by atoms with Crippen LogP contribution < -0.4 is 0 Å². The topological polar surface area (TPSA) is 49.7 Å². The fourth-order valence-electron chi connectivity index (χ4n) is 2.74. The van der Waals surface area contributed by atoms with E-state index in [1.807, 2.05) is 30.3 Å². The highest BCUT2D eigenvalue weighted by Crippen LogP contribution is 2.17. The highest BCUT2D eigenvalue weighted by Gasteiger charge is 2.21. The Morgan fingerprint density at radius 3 is 2.09 bits per heavy atom. The lowest BCUT2D eigenvalue weighted by atomic mass is 10.1. The van der Waals surface area contributed by atoms with Gasteiger partial charge in [-0.15, -0.1) is 4.40 Å². The zero-order chi connectivity index (χ0) is 16.1. The average Bonchev–Trinajstić information content (AvgIpc) is 3.10. The summed E-state index contributed by atoms with van der Waals surface area (Å²) in [5.74, 6) is 0.637. The molecule has 0 spiro atoms. The minimum Gasteiger partial charge on any atom is -0.359 e. The molecule has 1 aliphatic heterocycles. The monoisotopic (exact) mass is 328 g/mol. The molecule has 0 unspecified atom stereocenters. The molecule has 0 radical (unpaired) electrons. The van der Waals surface area contributed by atoms with Crippen LogP contribution in [0.1, 0.15) is 18.4 Å². The number of nitrogens with zero attached hydrogens (tertiary/aromatic N) is 2. The molecule has 1 saturated heterocycles. The number of benzene rings is 2. The predicted molar refractivity (Wildman–Crippen MR) is 92.0 cm³/mol. The summed E-state index contributed by atoms with van der Waals surface area (Å²) >= 11 is 0. The quantitative estimate of drug-likeness (QED) is 0.640. The smallest absolute Gasteiger partial charge is 0.283 e. The van der Waals surface area contributed by atoms with Gasteiger partial charge >= 0.3 is 0 Å². The van der Waals surface area contributed by atoms with Crippen LogP contribution in [0, 0.1) is 0 Å². The van der Waals surface area contributed by atoms with Gasteiger partial charge in [0.1, 0.15) is 5.84 Å². The third-order valence-electron chi connectivity index (χ3n) is 3.94. The van der Waals surface area contributed by atoms with Crippen molar-refractivity contribution in [3.05, 3.63) is 66.2 Å². The normalized spacial score (nSPS) is 15.8. The first-order valence-corrected chi connectivity index (χ1v) is 9.27. The third kappa shape index (κ3) is 3.99. The van der Waals surface area contributed by atoms with Crippen LogP contribution >= 0.6 is 0 Å². The number of hydrogen-bond acceptors (Lipinski definition) is 2. The molecule has 0 aliphatic carbocycles. The van der Waals surface area contributed by atoms with Gasteiger partial charge in [0.25, 0.3) is 10.0 Å². The SMILES string of the molecule is O=S(=O)(/N=C(/Cc1ccccc1)N1CCCC1)c1ccccc1. The first kappa shape index (κ1) is 15.7. The largest absolute Gasteiger partial charge is 0.359 e. The highest BCUT2D eigenvalue weighted by molar-refractivity contribution is 7.90. The summed E-state index contributed by atoms with van der Waals surface area (Å²) < 4.78 is 29.3. The van der Waals surface area contributed by atoms with Gasteiger partial charge in [-0.2, -0.15) is 8.42 Å². The van der Waals surface area contributed by atoms with Gasteiger partial charge in [0.05, 0.1) is 4.90 Å². The van der Waals surface area contributed by atoms with E-state index in [1.54, 1.807) is 30.3 Å². The van der Waals surface area contributed by atoms with Crippen LogP contribution in [0.25, 0.3) is 0 Å². The van der Waals surface area contributed by atoms with Crippen molar-refractivity contribution >= 4 is 15.9 Å². The fourth-order valence-corrected chi connectivity index (χ4v) is 3.80. The van der Waals surface area contributed by atoms with E-state index in [-0.39, 0.29) is 4.90 Å². The van der Waals surface area contributed by atoms with Crippen LogP contribution in [0.4, 0.5) is 0 Å². The van der Waals surface area contributed by atoms with Crippen molar-refractivity contribution in [2.24, 2.45) is 4.40 Å². The molecule has 1 aliphatic rings. The zero-order valence-electron chi connectivity index (χ0n) is 12.9. The van der Waals surface area contributed by atoms with Crippen molar-refractivity contribution < 1.29 is 8.42 Å². The Kier molecular flexibility index (Phi) is 4.76. The molecule has 3 rings (SSSR count). The number of rotatable bonds is 4. The first-order chi connectivity index (χ1) is 11.1. The number of amidine groups is 1. The van der Waals surface area contributed by atoms with E-state index in [1.165, 1.54) is 0 Å². The van der Waals surface area contributed by atoms with Gasteiger partial charge in [0.15, 0.2) is 0 Å². The lowest BCUT2D eigenvalue weighted by molar-refractivity contribution is 0.510. The van der Waals surface area contributed by atoms with Crippen molar-refractivity contribution in [1.29, 1.82) is 0 Å². The van der Waals surface area contributed by atoms with E-state index in [4.69, 9.17) is 0 Å². The molecule has 0 N–H and O–H groups in total. The molecular weight excluding hydrogens is 308 g/mol. The van der Waals surface area contributed by atoms with Crippen LogP contribution in [0.3, 0.4) is 0 Å². The second-order valence-corrected chi connectivity index (χ2v) is 7.26.